The summed E-state index contributed by atoms with van der Waals surface area (Å²) in [6, 6.07) is 4.02. The highest BCUT2D eigenvalue weighted by Crippen LogP contribution is 2.22. The molecule has 0 radical (unpaired) electrons. The minimum atomic E-state index is 0.535. The van der Waals surface area contributed by atoms with Crippen LogP contribution in [0, 0.1) is 0 Å². The molecule has 0 saturated heterocycles. The maximum atomic E-state index is 5.22. The Bertz CT molecular complexity index is 512. The van der Waals surface area contributed by atoms with Gasteiger partial charge in [-0.25, -0.2) is 9.97 Å². The first-order valence-corrected chi connectivity index (χ1v) is 6.36. The summed E-state index contributed by atoms with van der Waals surface area (Å²) in [7, 11) is 3.17. The van der Waals surface area contributed by atoms with Gasteiger partial charge in [0.15, 0.2) is 0 Å². The van der Waals surface area contributed by atoms with Crippen molar-refractivity contribution < 1.29 is 9.47 Å². The molecule has 0 bridgehead atoms. The molecule has 2 aromatic rings. The molecular formula is C14H18N4O2. The molecule has 0 spiro atoms. The van der Waals surface area contributed by atoms with Crippen LogP contribution in [-0.4, -0.2) is 35.7 Å². The third-order valence-electron chi connectivity index (χ3n) is 2.89. The lowest BCUT2D eigenvalue weighted by atomic mass is 10.2. The van der Waals surface area contributed by atoms with Crippen LogP contribution in [0.1, 0.15) is 11.1 Å². The Hall–Kier alpha value is -2.21. The average molecular weight is 274 g/mol. The summed E-state index contributed by atoms with van der Waals surface area (Å²) >= 11 is 0. The number of methoxy groups -OCH3 is 2. The zero-order valence-electron chi connectivity index (χ0n) is 11.7. The molecule has 2 rings (SSSR count). The Kier molecular flexibility index (Phi) is 5.25. The summed E-state index contributed by atoms with van der Waals surface area (Å²) < 4.78 is 10.4. The van der Waals surface area contributed by atoms with Crippen LogP contribution in [0.25, 0.3) is 0 Å². The van der Waals surface area contributed by atoms with Gasteiger partial charge in [0.05, 0.1) is 19.8 Å². The Labute approximate surface area is 118 Å². The van der Waals surface area contributed by atoms with E-state index in [0.717, 1.165) is 18.5 Å². The van der Waals surface area contributed by atoms with Crippen LogP contribution in [0.15, 0.2) is 30.9 Å². The van der Waals surface area contributed by atoms with Crippen molar-refractivity contribution in [1.82, 2.24) is 20.3 Å². The highest BCUT2D eigenvalue weighted by molar-refractivity contribution is 5.34. The molecule has 0 fully saturated rings. The zero-order chi connectivity index (χ0) is 14.2. The predicted molar refractivity (Wildman–Crippen MR) is 74.8 cm³/mol. The summed E-state index contributed by atoms with van der Waals surface area (Å²) in [4.78, 5) is 12.2. The smallest absolute Gasteiger partial charge is 0.224 e. The maximum absolute atomic E-state index is 5.22. The van der Waals surface area contributed by atoms with Crippen LogP contribution in [0.2, 0.25) is 0 Å². The second kappa shape index (κ2) is 7.40. The van der Waals surface area contributed by atoms with E-state index in [-0.39, 0.29) is 0 Å². The fourth-order valence-electron chi connectivity index (χ4n) is 1.88. The standard InChI is InChI=1S/C14H18N4O2/c1-19-13-12(14(20-2)18-10-17-13)9-16-8-5-11-3-6-15-7-4-11/h3-4,6-7,10,16H,5,8-9H2,1-2H3. The maximum Gasteiger partial charge on any atom is 0.224 e. The Morgan fingerprint density at radius 2 is 1.70 bits per heavy atom. The molecule has 0 atom stereocenters. The zero-order valence-corrected chi connectivity index (χ0v) is 11.7. The summed E-state index contributed by atoms with van der Waals surface area (Å²) in [5, 5.41) is 3.34. The molecule has 6 heteroatoms. The molecule has 0 aliphatic carbocycles. The Morgan fingerprint density at radius 1 is 1.05 bits per heavy atom. The van der Waals surface area contributed by atoms with Crippen molar-refractivity contribution in [3.8, 4) is 11.8 Å². The van der Waals surface area contributed by atoms with Crippen molar-refractivity contribution in [1.29, 1.82) is 0 Å². The molecule has 20 heavy (non-hydrogen) atoms. The van der Waals surface area contributed by atoms with Crippen molar-refractivity contribution >= 4 is 0 Å². The molecule has 2 heterocycles. The van der Waals surface area contributed by atoms with Crippen LogP contribution < -0.4 is 14.8 Å². The first kappa shape index (κ1) is 14.2. The number of nitrogens with zero attached hydrogens (tertiary/aromatic N) is 3. The van der Waals surface area contributed by atoms with Crippen LogP contribution >= 0.6 is 0 Å². The molecule has 0 aliphatic heterocycles. The van der Waals surface area contributed by atoms with E-state index in [0.29, 0.717) is 18.3 Å². The SMILES string of the molecule is COc1ncnc(OC)c1CNCCc1ccncc1. The lowest BCUT2D eigenvalue weighted by Crippen LogP contribution is -2.18. The quantitative estimate of drug-likeness (QED) is 0.766. The van der Waals surface area contributed by atoms with E-state index in [1.807, 2.05) is 12.1 Å². The largest absolute Gasteiger partial charge is 0.481 e. The fraction of sp³-hybridized carbons (Fsp3) is 0.357. The molecular weight excluding hydrogens is 256 g/mol. The monoisotopic (exact) mass is 274 g/mol. The number of ether oxygens (including phenoxy) is 2. The highest BCUT2D eigenvalue weighted by atomic mass is 16.5. The number of pyridine rings is 1. The van der Waals surface area contributed by atoms with E-state index in [1.54, 1.807) is 26.6 Å². The van der Waals surface area contributed by atoms with E-state index in [9.17, 15) is 0 Å². The second-order valence-corrected chi connectivity index (χ2v) is 4.15. The van der Waals surface area contributed by atoms with Gasteiger partial charge in [0.25, 0.3) is 0 Å². The van der Waals surface area contributed by atoms with Gasteiger partial charge in [0.1, 0.15) is 6.33 Å². The van der Waals surface area contributed by atoms with Crippen LogP contribution in [-0.2, 0) is 13.0 Å². The van der Waals surface area contributed by atoms with Crippen LogP contribution in [0.4, 0.5) is 0 Å². The summed E-state index contributed by atoms with van der Waals surface area (Å²) in [5.41, 5.74) is 2.07. The normalized spacial score (nSPS) is 10.3. The molecule has 2 aromatic heterocycles. The van der Waals surface area contributed by atoms with Crippen molar-refractivity contribution in [2.24, 2.45) is 0 Å². The molecule has 1 N–H and O–H groups in total. The lowest BCUT2D eigenvalue weighted by molar-refractivity contribution is 0.359. The number of nitrogens with one attached hydrogen (secondary N) is 1. The number of aromatic nitrogens is 3. The van der Waals surface area contributed by atoms with E-state index < -0.39 is 0 Å². The molecule has 0 amide bonds. The molecule has 0 saturated carbocycles. The van der Waals surface area contributed by atoms with Gasteiger partial charge in [-0.1, -0.05) is 0 Å². The molecule has 106 valence electrons. The molecule has 6 nitrogen and oxygen atoms in total. The van der Waals surface area contributed by atoms with Gasteiger partial charge in [0.2, 0.25) is 11.8 Å². The molecule has 0 unspecified atom stereocenters. The van der Waals surface area contributed by atoms with Crippen LogP contribution in [0.3, 0.4) is 0 Å². The van der Waals surface area contributed by atoms with Gasteiger partial charge in [-0.05, 0) is 30.7 Å². The van der Waals surface area contributed by atoms with Gasteiger partial charge in [-0.2, -0.15) is 0 Å². The average Bonchev–Trinajstić information content (AvgIpc) is 2.52. The van der Waals surface area contributed by atoms with Gasteiger partial charge < -0.3 is 14.8 Å². The predicted octanol–water partition coefficient (Wildman–Crippen LogP) is 1.22. The van der Waals surface area contributed by atoms with E-state index in [2.05, 4.69) is 20.3 Å². The van der Waals surface area contributed by atoms with Crippen molar-refractivity contribution in [2.45, 2.75) is 13.0 Å². The number of rotatable bonds is 7. The van der Waals surface area contributed by atoms with Gasteiger partial charge in [-0.15, -0.1) is 0 Å². The Balaban J connectivity index is 1.90. The molecule has 0 aliphatic rings. The summed E-state index contributed by atoms with van der Waals surface area (Å²) in [6.45, 7) is 1.43. The topological polar surface area (TPSA) is 69.2 Å². The third kappa shape index (κ3) is 3.64. The summed E-state index contributed by atoms with van der Waals surface area (Å²) in [5.74, 6) is 1.07. The fourth-order valence-corrected chi connectivity index (χ4v) is 1.88. The van der Waals surface area contributed by atoms with Gasteiger partial charge in [0, 0.05) is 18.9 Å². The van der Waals surface area contributed by atoms with Crippen molar-refractivity contribution in [2.75, 3.05) is 20.8 Å². The highest BCUT2D eigenvalue weighted by Gasteiger charge is 2.11. The first-order valence-electron chi connectivity index (χ1n) is 6.36. The van der Waals surface area contributed by atoms with E-state index in [4.69, 9.17) is 9.47 Å². The minimum absolute atomic E-state index is 0.535. The van der Waals surface area contributed by atoms with Crippen molar-refractivity contribution in [3.05, 3.63) is 42.0 Å². The summed E-state index contributed by atoms with van der Waals surface area (Å²) in [6.07, 6.45) is 5.96. The lowest BCUT2D eigenvalue weighted by Gasteiger charge is -2.11. The van der Waals surface area contributed by atoms with Crippen LogP contribution in [0.5, 0.6) is 11.8 Å². The second-order valence-electron chi connectivity index (χ2n) is 4.15. The first-order chi connectivity index (χ1) is 9.85. The van der Waals surface area contributed by atoms with E-state index >= 15 is 0 Å². The third-order valence-corrected chi connectivity index (χ3v) is 2.89. The molecule has 0 aromatic carbocycles. The van der Waals surface area contributed by atoms with E-state index in [1.165, 1.54) is 11.9 Å². The van der Waals surface area contributed by atoms with Crippen molar-refractivity contribution in [3.63, 3.8) is 0 Å². The minimum Gasteiger partial charge on any atom is -0.481 e. The number of hydrogen-bond donors (Lipinski definition) is 1. The van der Waals surface area contributed by atoms with Gasteiger partial charge in [-0.3, -0.25) is 4.98 Å². The van der Waals surface area contributed by atoms with Gasteiger partial charge >= 0.3 is 0 Å². The Morgan fingerprint density at radius 3 is 2.30 bits per heavy atom. The number of hydrogen-bond acceptors (Lipinski definition) is 6.